The van der Waals surface area contributed by atoms with Gasteiger partial charge in [-0.15, -0.1) is 11.3 Å². The van der Waals surface area contributed by atoms with Crippen molar-refractivity contribution in [3.63, 3.8) is 0 Å². The number of nitrogens with one attached hydrogen (secondary N) is 2. The summed E-state index contributed by atoms with van der Waals surface area (Å²) in [4.78, 5) is 1.11. The molecule has 2 unspecified atom stereocenters. The summed E-state index contributed by atoms with van der Waals surface area (Å²) in [6.45, 7) is 3.71. The van der Waals surface area contributed by atoms with Crippen LogP contribution in [0.5, 0.6) is 0 Å². The molecule has 6 heteroatoms. The highest BCUT2D eigenvalue weighted by atomic mass is 32.2. The van der Waals surface area contributed by atoms with Crippen molar-refractivity contribution in [2.24, 2.45) is 11.8 Å². The highest BCUT2D eigenvalue weighted by Crippen LogP contribution is 2.28. The van der Waals surface area contributed by atoms with Crippen molar-refractivity contribution in [3.8, 4) is 0 Å². The van der Waals surface area contributed by atoms with E-state index in [0.29, 0.717) is 16.7 Å². The molecule has 1 saturated carbocycles. The van der Waals surface area contributed by atoms with E-state index in [-0.39, 0.29) is 0 Å². The first-order valence-corrected chi connectivity index (χ1v) is 10.0. The molecule has 0 aromatic carbocycles. The Bertz CT molecular complexity index is 540. The van der Waals surface area contributed by atoms with Gasteiger partial charge in [0.05, 0.1) is 0 Å². The number of rotatable bonds is 7. The van der Waals surface area contributed by atoms with Crippen LogP contribution >= 0.6 is 11.3 Å². The maximum Gasteiger partial charge on any atom is 0.250 e. The van der Waals surface area contributed by atoms with Crippen molar-refractivity contribution in [1.82, 2.24) is 10.0 Å². The van der Waals surface area contributed by atoms with E-state index in [1.807, 2.05) is 13.1 Å². The van der Waals surface area contributed by atoms with E-state index >= 15 is 0 Å². The topological polar surface area (TPSA) is 58.2 Å². The zero-order valence-electron chi connectivity index (χ0n) is 12.9. The summed E-state index contributed by atoms with van der Waals surface area (Å²) in [5.74, 6) is 1.22. The van der Waals surface area contributed by atoms with Gasteiger partial charge in [0.1, 0.15) is 4.21 Å². The molecule has 4 nitrogen and oxygen atoms in total. The van der Waals surface area contributed by atoms with Gasteiger partial charge in [-0.25, -0.2) is 13.1 Å². The second-order valence-corrected chi connectivity index (χ2v) is 9.23. The molecular weight excluding hydrogens is 304 g/mol. The molecule has 1 aromatic heterocycles. The molecule has 0 amide bonds. The number of hydrogen-bond acceptors (Lipinski definition) is 4. The molecule has 120 valence electrons. The normalized spacial score (nSPS) is 23.3. The molecule has 0 bridgehead atoms. The Balaban J connectivity index is 1.90. The predicted octanol–water partition coefficient (Wildman–Crippen LogP) is 2.61. The van der Waals surface area contributed by atoms with Crippen LogP contribution in [0, 0.1) is 11.8 Å². The molecule has 0 radical (unpaired) electrons. The molecular formula is C15H26N2O2S2. The number of likely N-dealkylation sites (N-methyl/N-ethyl adjacent to an activating group) is 1. The van der Waals surface area contributed by atoms with E-state index in [0.717, 1.165) is 36.6 Å². The van der Waals surface area contributed by atoms with Gasteiger partial charge < -0.3 is 5.32 Å². The van der Waals surface area contributed by atoms with Crippen LogP contribution in [0.2, 0.25) is 0 Å². The van der Waals surface area contributed by atoms with Crippen LogP contribution in [0.25, 0.3) is 0 Å². The lowest BCUT2D eigenvalue weighted by atomic mass is 9.83. The molecule has 1 fully saturated rings. The van der Waals surface area contributed by atoms with E-state index in [9.17, 15) is 8.42 Å². The summed E-state index contributed by atoms with van der Waals surface area (Å²) in [7, 11) is -1.43. The molecule has 0 spiro atoms. The Kier molecular flexibility index (Phi) is 6.22. The van der Waals surface area contributed by atoms with Gasteiger partial charge in [-0.3, -0.25) is 0 Å². The lowest BCUT2D eigenvalue weighted by Gasteiger charge is -2.26. The van der Waals surface area contributed by atoms with E-state index in [4.69, 9.17) is 0 Å². The molecule has 0 aliphatic heterocycles. The number of sulfonamides is 1. The van der Waals surface area contributed by atoms with Crippen molar-refractivity contribution in [2.45, 2.75) is 43.2 Å². The van der Waals surface area contributed by atoms with Crippen molar-refractivity contribution in [3.05, 3.63) is 17.0 Å². The van der Waals surface area contributed by atoms with Crippen molar-refractivity contribution >= 4 is 21.4 Å². The molecule has 1 aliphatic carbocycles. The van der Waals surface area contributed by atoms with Crippen molar-refractivity contribution in [1.29, 1.82) is 0 Å². The maximum absolute atomic E-state index is 12.3. The fourth-order valence-electron chi connectivity index (χ4n) is 2.93. The largest absolute Gasteiger partial charge is 0.319 e. The molecule has 1 aromatic rings. The average molecular weight is 331 g/mol. The third-order valence-electron chi connectivity index (χ3n) is 4.13. The Morgan fingerprint density at radius 1 is 1.33 bits per heavy atom. The maximum atomic E-state index is 12.3. The minimum Gasteiger partial charge on any atom is -0.319 e. The van der Waals surface area contributed by atoms with E-state index in [1.54, 1.807) is 6.07 Å². The van der Waals surface area contributed by atoms with Crippen LogP contribution < -0.4 is 10.0 Å². The molecule has 1 aliphatic rings. The Labute approximate surface area is 132 Å². The van der Waals surface area contributed by atoms with E-state index in [2.05, 4.69) is 17.0 Å². The Hall–Kier alpha value is -0.430. The van der Waals surface area contributed by atoms with Gasteiger partial charge in [0.25, 0.3) is 0 Å². The highest BCUT2D eigenvalue weighted by molar-refractivity contribution is 7.91. The zero-order chi connectivity index (χ0) is 15.3. The Morgan fingerprint density at radius 3 is 2.86 bits per heavy atom. The third-order valence-corrected chi connectivity index (χ3v) is 7.19. The summed E-state index contributed by atoms with van der Waals surface area (Å²) in [6, 6.07) is 3.64. The van der Waals surface area contributed by atoms with Crippen LogP contribution in [-0.4, -0.2) is 28.6 Å². The predicted molar refractivity (Wildman–Crippen MR) is 88.3 cm³/mol. The molecule has 0 saturated heterocycles. The van der Waals surface area contributed by atoms with Gasteiger partial charge >= 0.3 is 0 Å². The molecule has 2 atom stereocenters. The van der Waals surface area contributed by atoms with Gasteiger partial charge in [0, 0.05) is 11.4 Å². The van der Waals surface area contributed by atoms with Crippen LogP contribution in [0.3, 0.4) is 0 Å². The van der Waals surface area contributed by atoms with Crippen molar-refractivity contribution < 1.29 is 8.42 Å². The van der Waals surface area contributed by atoms with E-state index in [1.165, 1.54) is 24.2 Å². The second kappa shape index (κ2) is 7.72. The standard InChI is InChI=1S/C15H26N2O2S2/c1-12-4-3-5-13(10-12)11-17-21(18,19)15-7-6-14(20-15)8-9-16-2/h6-7,12-13,16-17H,3-5,8-11H2,1-2H3. The highest BCUT2D eigenvalue weighted by Gasteiger charge is 2.22. The first-order valence-electron chi connectivity index (χ1n) is 7.74. The summed E-state index contributed by atoms with van der Waals surface area (Å²) in [5, 5.41) is 3.08. The molecule has 1 heterocycles. The summed E-state index contributed by atoms with van der Waals surface area (Å²) < 4.78 is 27.9. The van der Waals surface area contributed by atoms with Crippen molar-refractivity contribution in [2.75, 3.05) is 20.1 Å². The smallest absolute Gasteiger partial charge is 0.250 e. The molecule has 2 rings (SSSR count). The second-order valence-electron chi connectivity index (χ2n) is 6.06. The SMILES string of the molecule is CNCCc1ccc(S(=O)(=O)NCC2CCCC(C)C2)s1. The quantitative estimate of drug-likeness (QED) is 0.808. The number of hydrogen-bond donors (Lipinski definition) is 2. The Morgan fingerprint density at radius 2 is 2.14 bits per heavy atom. The molecule has 2 N–H and O–H groups in total. The van der Waals surface area contributed by atoms with Gasteiger partial charge in [0.2, 0.25) is 10.0 Å². The fraction of sp³-hybridized carbons (Fsp3) is 0.733. The molecule has 21 heavy (non-hydrogen) atoms. The fourth-order valence-corrected chi connectivity index (χ4v) is 5.45. The van der Waals surface area contributed by atoms with Gasteiger partial charge in [0.15, 0.2) is 0 Å². The minimum atomic E-state index is -3.33. The zero-order valence-corrected chi connectivity index (χ0v) is 14.5. The first kappa shape index (κ1) is 16.9. The number of thiophene rings is 1. The third kappa shape index (κ3) is 5.06. The lowest BCUT2D eigenvalue weighted by molar-refractivity contribution is 0.283. The summed E-state index contributed by atoms with van der Waals surface area (Å²) in [5.41, 5.74) is 0. The summed E-state index contributed by atoms with van der Waals surface area (Å²) >= 11 is 1.38. The first-order chi connectivity index (χ1) is 10.0. The van der Waals surface area contributed by atoms with Crippen LogP contribution in [-0.2, 0) is 16.4 Å². The van der Waals surface area contributed by atoms with Crippen LogP contribution in [0.15, 0.2) is 16.3 Å². The van der Waals surface area contributed by atoms with Gasteiger partial charge in [-0.05, 0) is 56.8 Å². The minimum absolute atomic E-state index is 0.442. The lowest BCUT2D eigenvalue weighted by Crippen LogP contribution is -2.31. The van der Waals surface area contributed by atoms with E-state index < -0.39 is 10.0 Å². The van der Waals surface area contributed by atoms with Gasteiger partial charge in [-0.1, -0.05) is 19.8 Å². The van der Waals surface area contributed by atoms with Crippen LogP contribution in [0.4, 0.5) is 0 Å². The van der Waals surface area contributed by atoms with Crippen LogP contribution in [0.1, 0.15) is 37.5 Å². The summed E-state index contributed by atoms with van der Waals surface area (Å²) in [6.07, 6.45) is 5.66. The average Bonchev–Trinajstić information content (AvgIpc) is 2.93. The monoisotopic (exact) mass is 330 g/mol. The van der Waals surface area contributed by atoms with Gasteiger partial charge in [-0.2, -0.15) is 0 Å².